The zero-order valence-electron chi connectivity index (χ0n) is 15.9. The molecule has 1 saturated heterocycles. The molecule has 4 rings (SSSR count). The Balaban J connectivity index is 1.42. The number of carbonyl (C=O) groups excluding carboxylic acids is 1. The SMILES string of the molecule is Cc1cc(COc2cc3[nH]c(CNC(=O)C4CCCN4C)cc3cc2Cl)on1. The number of hydrogen-bond acceptors (Lipinski definition) is 5. The number of carbonyl (C=O) groups is 1. The average Bonchev–Trinajstić information content (AvgIpc) is 3.37. The van der Waals surface area contributed by atoms with Crippen molar-refractivity contribution in [2.24, 2.45) is 0 Å². The number of ether oxygens (including phenoxy) is 1. The number of halogens is 1. The Bertz CT molecular complexity index is 997. The van der Waals surface area contributed by atoms with E-state index in [9.17, 15) is 4.79 Å². The number of benzene rings is 1. The van der Waals surface area contributed by atoms with E-state index in [1.807, 2.05) is 38.2 Å². The molecule has 0 radical (unpaired) electrons. The van der Waals surface area contributed by atoms with Crippen molar-refractivity contribution >= 4 is 28.4 Å². The number of aromatic amines is 1. The molecule has 1 fully saturated rings. The quantitative estimate of drug-likeness (QED) is 0.660. The molecule has 3 heterocycles. The number of likely N-dealkylation sites (tertiary alicyclic amines) is 1. The van der Waals surface area contributed by atoms with Crippen molar-refractivity contribution < 1.29 is 14.1 Å². The van der Waals surface area contributed by atoms with Crippen LogP contribution in [-0.4, -0.2) is 40.6 Å². The Labute approximate surface area is 168 Å². The first-order valence-electron chi connectivity index (χ1n) is 9.33. The molecular formula is C20H23ClN4O3. The van der Waals surface area contributed by atoms with Crippen LogP contribution in [0.2, 0.25) is 5.02 Å². The van der Waals surface area contributed by atoms with E-state index in [1.54, 1.807) is 0 Å². The Morgan fingerprint density at radius 3 is 3.00 bits per heavy atom. The Morgan fingerprint density at radius 1 is 1.43 bits per heavy atom. The third kappa shape index (κ3) is 4.00. The molecule has 1 aromatic carbocycles. The molecule has 1 unspecified atom stereocenters. The number of nitrogens with zero attached hydrogens (tertiary/aromatic N) is 2. The minimum absolute atomic E-state index is 0.0291. The first-order valence-corrected chi connectivity index (χ1v) is 9.71. The smallest absolute Gasteiger partial charge is 0.237 e. The van der Waals surface area contributed by atoms with Crippen LogP contribution < -0.4 is 10.1 Å². The van der Waals surface area contributed by atoms with E-state index in [0.29, 0.717) is 23.1 Å². The molecule has 1 amide bonds. The van der Waals surface area contributed by atoms with Crippen molar-refractivity contribution in [2.75, 3.05) is 13.6 Å². The summed E-state index contributed by atoms with van der Waals surface area (Å²) >= 11 is 6.35. The molecule has 0 bridgehead atoms. The van der Waals surface area contributed by atoms with Gasteiger partial charge in [-0.25, -0.2) is 0 Å². The van der Waals surface area contributed by atoms with Gasteiger partial charge in [0.05, 0.1) is 23.3 Å². The predicted molar refractivity (Wildman–Crippen MR) is 106 cm³/mol. The highest BCUT2D eigenvalue weighted by atomic mass is 35.5. The fourth-order valence-electron chi connectivity index (χ4n) is 3.57. The van der Waals surface area contributed by atoms with Gasteiger partial charge < -0.3 is 19.6 Å². The van der Waals surface area contributed by atoms with Gasteiger partial charge in [-0.1, -0.05) is 16.8 Å². The second kappa shape index (κ2) is 7.85. The summed E-state index contributed by atoms with van der Waals surface area (Å²) < 4.78 is 10.9. The van der Waals surface area contributed by atoms with E-state index >= 15 is 0 Å². The normalized spacial score (nSPS) is 17.3. The van der Waals surface area contributed by atoms with Crippen molar-refractivity contribution in [1.82, 2.24) is 20.4 Å². The molecule has 7 nitrogen and oxygen atoms in total. The summed E-state index contributed by atoms with van der Waals surface area (Å²) in [6.45, 7) is 3.53. The summed E-state index contributed by atoms with van der Waals surface area (Å²) in [5.74, 6) is 1.27. The highest BCUT2D eigenvalue weighted by Gasteiger charge is 2.27. The van der Waals surface area contributed by atoms with E-state index in [0.717, 1.165) is 41.7 Å². The average molecular weight is 403 g/mol. The van der Waals surface area contributed by atoms with Gasteiger partial charge in [0.25, 0.3) is 0 Å². The van der Waals surface area contributed by atoms with Crippen molar-refractivity contribution in [1.29, 1.82) is 0 Å². The molecule has 1 aliphatic rings. The van der Waals surface area contributed by atoms with Gasteiger partial charge in [-0.05, 0) is 45.5 Å². The maximum atomic E-state index is 12.4. The van der Waals surface area contributed by atoms with Crippen LogP contribution in [0, 0.1) is 6.92 Å². The van der Waals surface area contributed by atoms with Gasteiger partial charge in [-0.15, -0.1) is 0 Å². The lowest BCUT2D eigenvalue weighted by Crippen LogP contribution is -2.41. The van der Waals surface area contributed by atoms with Gasteiger partial charge in [0.1, 0.15) is 12.4 Å². The van der Waals surface area contributed by atoms with Crippen LogP contribution in [0.4, 0.5) is 0 Å². The van der Waals surface area contributed by atoms with Crippen molar-refractivity contribution in [3.63, 3.8) is 0 Å². The van der Waals surface area contributed by atoms with Crippen LogP contribution in [0.5, 0.6) is 5.75 Å². The number of hydrogen-bond donors (Lipinski definition) is 2. The van der Waals surface area contributed by atoms with Gasteiger partial charge in [0.2, 0.25) is 5.91 Å². The van der Waals surface area contributed by atoms with Gasteiger partial charge in [0, 0.05) is 28.7 Å². The van der Waals surface area contributed by atoms with Crippen molar-refractivity contribution in [3.05, 3.63) is 46.4 Å². The van der Waals surface area contributed by atoms with Crippen LogP contribution >= 0.6 is 11.6 Å². The number of H-pyrrole nitrogens is 1. The van der Waals surface area contributed by atoms with Crippen LogP contribution in [0.1, 0.15) is 30.0 Å². The van der Waals surface area contributed by atoms with Gasteiger partial charge in [-0.2, -0.15) is 0 Å². The zero-order valence-corrected chi connectivity index (χ0v) is 16.7. The third-order valence-corrected chi connectivity index (χ3v) is 5.35. The van der Waals surface area contributed by atoms with Crippen LogP contribution in [0.25, 0.3) is 10.9 Å². The van der Waals surface area contributed by atoms with E-state index in [1.165, 1.54) is 0 Å². The zero-order chi connectivity index (χ0) is 19.7. The molecule has 0 aliphatic carbocycles. The first kappa shape index (κ1) is 18.8. The first-order chi connectivity index (χ1) is 13.5. The lowest BCUT2D eigenvalue weighted by Gasteiger charge is -2.18. The van der Waals surface area contributed by atoms with Crippen LogP contribution in [-0.2, 0) is 17.9 Å². The largest absolute Gasteiger partial charge is 0.484 e. The molecular weight excluding hydrogens is 380 g/mol. The van der Waals surface area contributed by atoms with Crippen molar-refractivity contribution in [3.8, 4) is 5.75 Å². The minimum Gasteiger partial charge on any atom is -0.484 e. The van der Waals surface area contributed by atoms with Crippen LogP contribution in [0.15, 0.2) is 28.8 Å². The molecule has 3 aromatic rings. The fourth-order valence-corrected chi connectivity index (χ4v) is 3.80. The number of amides is 1. The Hall–Kier alpha value is -2.51. The Kier molecular flexibility index (Phi) is 5.28. The van der Waals surface area contributed by atoms with Crippen molar-refractivity contribution in [2.45, 2.75) is 39.0 Å². The summed E-state index contributed by atoms with van der Waals surface area (Å²) in [5, 5.41) is 8.34. The van der Waals surface area contributed by atoms with E-state index < -0.39 is 0 Å². The van der Waals surface area contributed by atoms with Gasteiger partial charge in [-0.3, -0.25) is 9.69 Å². The summed E-state index contributed by atoms with van der Waals surface area (Å²) in [6, 6.07) is 7.49. The second-order valence-electron chi connectivity index (χ2n) is 7.24. The molecule has 0 spiro atoms. The molecule has 2 aromatic heterocycles. The number of rotatable bonds is 6. The number of aromatic nitrogens is 2. The predicted octanol–water partition coefficient (Wildman–Crippen LogP) is 3.41. The molecule has 2 N–H and O–H groups in total. The molecule has 148 valence electrons. The summed E-state index contributed by atoms with van der Waals surface area (Å²) in [4.78, 5) is 17.8. The van der Waals surface area contributed by atoms with E-state index in [-0.39, 0.29) is 18.6 Å². The molecule has 1 aliphatic heterocycles. The van der Waals surface area contributed by atoms with E-state index in [4.69, 9.17) is 20.9 Å². The summed E-state index contributed by atoms with van der Waals surface area (Å²) in [6.07, 6.45) is 1.98. The lowest BCUT2D eigenvalue weighted by atomic mass is 10.2. The highest BCUT2D eigenvalue weighted by molar-refractivity contribution is 6.32. The monoisotopic (exact) mass is 402 g/mol. The van der Waals surface area contributed by atoms with Gasteiger partial charge >= 0.3 is 0 Å². The molecule has 28 heavy (non-hydrogen) atoms. The van der Waals surface area contributed by atoms with Gasteiger partial charge in [0.15, 0.2) is 5.76 Å². The van der Waals surface area contributed by atoms with Crippen LogP contribution in [0.3, 0.4) is 0 Å². The fraction of sp³-hybridized carbons (Fsp3) is 0.400. The Morgan fingerprint density at radius 2 is 2.29 bits per heavy atom. The maximum Gasteiger partial charge on any atom is 0.237 e. The standard InChI is InChI=1S/C20H23ClN4O3/c1-12-6-15(28-24-12)11-27-19-9-17-13(8-16(19)21)7-14(23-17)10-22-20(26)18-4-3-5-25(18)2/h6-9,18,23H,3-5,10-11H2,1-2H3,(H,22,26). The number of fused-ring (bicyclic) bond motifs is 1. The minimum atomic E-state index is -0.0291. The maximum absolute atomic E-state index is 12.4. The third-order valence-electron chi connectivity index (χ3n) is 5.05. The molecule has 8 heteroatoms. The second-order valence-corrected chi connectivity index (χ2v) is 7.65. The molecule has 0 saturated carbocycles. The number of likely N-dealkylation sites (N-methyl/N-ethyl adjacent to an activating group) is 1. The topological polar surface area (TPSA) is 83.4 Å². The highest BCUT2D eigenvalue weighted by Crippen LogP contribution is 2.31. The van der Waals surface area contributed by atoms with E-state index in [2.05, 4.69) is 20.4 Å². The lowest BCUT2D eigenvalue weighted by molar-refractivity contribution is -0.125. The molecule has 1 atom stereocenters. The summed E-state index contributed by atoms with van der Waals surface area (Å²) in [7, 11) is 1.99. The summed E-state index contributed by atoms with van der Waals surface area (Å²) in [5.41, 5.74) is 2.62. The number of nitrogens with one attached hydrogen (secondary N) is 2. The number of aryl methyl sites for hydroxylation is 1.